The van der Waals surface area contributed by atoms with Crippen molar-refractivity contribution in [1.82, 2.24) is 20.0 Å². The molecule has 2 fully saturated rings. The van der Waals surface area contributed by atoms with E-state index < -0.39 is 12.1 Å². The highest BCUT2D eigenvalue weighted by Gasteiger charge is 2.39. The van der Waals surface area contributed by atoms with E-state index in [0.717, 1.165) is 57.1 Å². The standard InChI is InChI=1S/C44H72N4O5/c1-10-11-12-13-14-15-19-27-39(35-23-17-16-18-24-35)53-44(52)37-26-22-29-48(37)42(50)34(8)30-38(31(2)3)46(9)43(51)40(32(4)5)45-41(49)36-25-20-21-28-47(36)33(6)7/h16-18,23-24,30-33,36-40H,10-15,19-22,25-29H2,1-9H3,(H,45,49)/t36?,37-,38+,39?,40-/m0/s1. The van der Waals surface area contributed by atoms with Crippen LogP contribution in [-0.4, -0.2) is 88.7 Å². The lowest BCUT2D eigenvalue weighted by Crippen LogP contribution is -2.58. The molecule has 2 unspecified atom stereocenters. The molecule has 9 heteroatoms. The lowest BCUT2D eigenvalue weighted by molar-refractivity contribution is -0.158. The summed E-state index contributed by atoms with van der Waals surface area (Å²) in [5.41, 5.74) is 1.48. The van der Waals surface area contributed by atoms with Crippen molar-refractivity contribution in [1.29, 1.82) is 0 Å². The van der Waals surface area contributed by atoms with Gasteiger partial charge in [0.25, 0.3) is 0 Å². The summed E-state index contributed by atoms with van der Waals surface area (Å²) in [6, 6.07) is 8.22. The molecule has 3 amide bonds. The van der Waals surface area contributed by atoms with Crippen molar-refractivity contribution in [3.05, 3.63) is 47.5 Å². The molecule has 0 bridgehead atoms. The second-order valence-electron chi connectivity index (χ2n) is 16.5. The molecule has 53 heavy (non-hydrogen) atoms. The zero-order valence-electron chi connectivity index (χ0n) is 34.6. The van der Waals surface area contributed by atoms with Gasteiger partial charge in [-0.25, -0.2) is 4.79 Å². The van der Waals surface area contributed by atoms with Crippen LogP contribution in [0.5, 0.6) is 0 Å². The number of hydrogen-bond acceptors (Lipinski definition) is 6. The molecule has 1 N–H and O–H groups in total. The highest BCUT2D eigenvalue weighted by molar-refractivity contribution is 5.96. The highest BCUT2D eigenvalue weighted by Crippen LogP contribution is 2.29. The molecule has 3 rings (SSSR count). The van der Waals surface area contributed by atoms with Gasteiger partial charge in [-0.15, -0.1) is 0 Å². The van der Waals surface area contributed by atoms with Gasteiger partial charge in [-0.1, -0.05) is 116 Å². The van der Waals surface area contributed by atoms with E-state index in [-0.39, 0.29) is 59.8 Å². The highest BCUT2D eigenvalue weighted by atomic mass is 16.5. The summed E-state index contributed by atoms with van der Waals surface area (Å²) < 4.78 is 6.22. The SMILES string of the molecule is CCCCCCCCCC(OC(=O)[C@@H]1CCCN1C(=O)C(C)=C[C@H](C(C)C)N(C)C(=O)[C@@H](NC(=O)C1CCCCN1C(C)C)C(C)C)c1ccccc1. The second-order valence-corrected chi connectivity index (χ2v) is 16.5. The number of rotatable bonds is 20. The molecular weight excluding hydrogens is 665 g/mol. The molecule has 5 atom stereocenters. The van der Waals surface area contributed by atoms with Crippen LogP contribution < -0.4 is 5.32 Å². The van der Waals surface area contributed by atoms with Crippen LogP contribution in [0.15, 0.2) is 42.0 Å². The third-order valence-electron chi connectivity index (χ3n) is 11.3. The van der Waals surface area contributed by atoms with Crippen LogP contribution in [0.1, 0.15) is 151 Å². The average Bonchev–Trinajstić information content (AvgIpc) is 3.64. The van der Waals surface area contributed by atoms with E-state index in [4.69, 9.17) is 4.74 Å². The van der Waals surface area contributed by atoms with Crippen LogP contribution in [0.4, 0.5) is 0 Å². The zero-order valence-corrected chi connectivity index (χ0v) is 34.6. The topological polar surface area (TPSA) is 99.3 Å². The van der Waals surface area contributed by atoms with Gasteiger partial charge in [-0.3, -0.25) is 19.3 Å². The molecule has 0 aliphatic carbocycles. The number of esters is 1. The molecule has 298 valence electrons. The average molecular weight is 737 g/mol. The van der Waals surface area contributed by atoms with Gasteiger partial charge < -0.3 is 19.9 Å². The van der Waals surface area contributed by atoms with Gasteiger partial charge >= 0.3 is 5.97 Å². The maximum atomic E-state index is 14.1. The lowest BCUT2D eigenvalue weighted by Gasteiger charge is -2.39. The summed E-state index contributed by atoms with van der Waals surface area (Å²) in [6.07, 6.45) is 14.7. The van der Waals surface area contributed by atoms with E-state index in [1.807, 2.05) is 64.1 Å². The van der Waals surface area contributed by atoms with Crippen molar-refractivity contribution < 1.29 is 23.9 Å². The van der Waals surface area contributed by atoms with Gasteiger partial charge in [0.15, 0.2) is 0 Å². The smallest absolute Gasteiger partial charge is 0.329 e. The number of carbonyl (C=O) groups is 4. The van der Waals surface area contributed by atoms with Gasteiger partial charge in [0.1, 0.15) is 18.2 Å². The molecule has 0 spiro atoms. The maximum Gasteiger partial charge on any atom is 0.329 e. The summed E-state index contributed by atoms with van der Waals surface area (Å²) in [5, 5.41) is 3.12. The first kappa shape index (κ1) is 44.2. The van der Waals surface area contributed by atoms with Crippen LogP contribution in [-0.2, 0) is 23.9 Å². The Kier molecular flexibility index (Phi) is 18.5. The molecule has 9 nitrogen and oxygen atoms in total. The van der Waals surface area contributed by atoms with Gasteiger partial charge in [-0.05, 0) is 83.2 Å². The Morgan fingerprint density at radius 2 is 1.49 bits per heavy atom. The van der Waals surface area contributed by atoms with Crippen molar-refractivity contribution in [3.63, 3.8) is 0 Å². The molecule has 2 aliphatic heterocycles. The van der Waals surface area contributed by atoms with Gasteiger partial charge in [0, 0.05) is 25.2 Å². The molecule has 0 aromatic heterocycles. The minimum absolute atomic E-state index is 0.00241. The minimum Gasteiger partial charge on any atom is -0.456 e. The Balaban J connectivity index is 1.70. The van der Waals surface area contributed by atoms with E-state index in [1.165, 1.54) is 32.1 Å². The summed E-state index contributed by atoms with van der Waals surface area (Å²) in [6.45, 7) is 17.5. The van der Waals surface area contributed by atoms with Crippen LogP contribution in [0.25, 0.3) is 0 Å². The first-order valence-corrected chi connectivity index (χ1v) is 20.9. The summed E-state index contributed by atoms with van der Waals surface area (Å²) in [5.74, 6) is -0.942. The molecular formula is C44H72N4O5. The van der Waals surface area contributed by atoms with E-state index in [9.17, 15) is 19.2 Å². The number of likely N-dealkylation sites (N-methyl/N-ethyl adjacent to an activating group) is 1. The fourth-order valence-electron chi connectivity index (χ4n) is 8.01. The summed E-state index contributed by atoms with van der Waals surface area (Å²) in [7, 11) is 1.76. The number of likely N-dealkylation sites (tertiary alicyclic amines) is 2. The number of carbonyl (C=O) groups excluding carboxylic acids is 4. The Bertz CT molecular complexity index is 1330. The quantitative estimate of drug-likeness (QED) is 0.0823. The third kappa shape index (κ3) is 13.0. The first-order chi connectivity index (χ1) is 25.3. The number of amides is 3. The predicted molar refractivity (Wildman–Crippen MR) is 214 cm³/mol. The number of nitrogens with one attached hydrogen (secondary N) is 1. The van der Waals surface area contributed by atoms with E-state index in [2.05, 4.69) is 31.0 Å². The van der Waals surface area contributed by atoms with Crippen LogP contribution in [0.3, 0.4) is 0 Å². The molecule has 1 aromatic carbocycles. The van der Waals surface area contributed by atoms with Gasteiger partial charge in [0.05, 0.1) is 12.1 Å². The minimum atomic E-state index is -0.689. The van der Waals surface area contributed by atoms with E-state index in [1.54, 1.807) is 23.8 Å². The van der Waals surface area contributed by atoms with E-state index in [0.29, 0.717) is 18.5 Å². The second kappa shape index (κ2) is 22.2. The molecule has 2 aliphatic rings. The maximum absolute atomic E-state index is 14.1. The normalized spacial score (nSPS) is 20.1. The summed E-state index contributed by atoms with van der Waals surface area (Å²) in [4.78, 5) is 61.1. The Morgan fingerprint density at radius 3 is 2.11 bits per heavy atom. The zero-order chi connectivity index (χ0) is 39.1. The fourth-order valence-corrected chi connectivity index (χ4v) is 8.01. The molecule has 0 radical (unpaired) electrons. The number of piperidine rings is 1. The van der Waals surface area contributed by atoms with Crippen molar-refractivity contribution in [2.75, 3.05) is 20.1 Å². The Labute approximate surface area is 321 Å². The molecule has 0 saturated carbocycles. The van der Waals surface area contributed by atoms with Crippen LogP contribution in [0, 0.1) is 11.8 Å². The number of nitrogens with zero attached hydrogens (tertiary/aromatic N) is 3. The van der Waals surface area contributed by atoms with Crippen LogP contribution >= 0.6 is 0 Å². The molecule has 1 aromatic rings. The van der Waals surface area contributed by atoms with Gasteiger partial charge in [0.2, 0.25) is 17.7 Å². The largest absolute Gasteiger partial charge is 0.456 e. The fraction of sp³-hybridized carbons (Fsp3) is 0.727. The van der Waals surface area contributed by atoms with Gasteiger partial charge in [-0.2, -0.15) is 0 Å². The third-order valence-corrected chi connectivity index (χ3v) is 11.3. The van der Waals surface area contributed by atoms with Crippen LogP contribution in [0.2, 0.25) is 0 Å². The van der Waals surface area contributed by atoms with Crippen molar-refractivity contribution in [2.45, 2.75) is 175 Å². The monoisotopic (exact) mass is 737 g/mol. The van der Waals surface area contributed by atoms with Crippen molar-refractivity contribution in [2.24, 2.45) is 11.8 Å². The number of unbranched alkanes of at least 4 members (excludes halogenated alkanes) is 6. The van der Waals surface area contributed by atoms with E-state index >= 15 is 0 Å². The number of hydrogen-bond donors (Lipinski definition) is 1. The Morgan fingerprint density at radius 1 is 0.849 bits per heavy atom. The summed E-state index contributed by atoms with van der Waals surface area (Å²) >= 11 is 0. The molecule has 2 saturated heterocycles. The first-order valence-electron chi connectivity index (χ1n) is 20.9. The van der Waals surface area contributed by atoms with Crippen molar-refractivity contribution in [3.8, 4) is 0 Å². The van der Waals surface area contributed by atoms with Crippen molar-refractivity contribution >= 4 is 23.7 Å². The lowest BCUT2D eigenvalue weighted by atomic mass is 9.95. The number of ether oxygens (including phenoxy) is 1. The Hall–Kier alpha value is -3.20. The predicted octanol–water partition coefficient (Wildman–Crippen LogP) is 8.24. The number of benzene rings is 1. The molecule has 2 heterocycles.